The number of quaternary nitrogens is 1. The van der Waals surface area contributed by atoms with Crippen LogP contribution in [0, 0.1) is 20.8 Å². The minimum absolute atomic E-state index is 0. The SMILES string of the molecule is Cc1ccc(-n2c(C)cc(C[N+](C)(C)C)c2C)cc1.[I-]. The molecule has 0 saturated carbocycles. The molecule has 0 aliphatic carbocycles. The third-order valence-corrected chi connectivity index (χ3v) is 3.47. The van der Waals surface area contributed by atoms with Crippen molar-refractivity contribution in [1.29, 1.82) is 0 Å². The Bertz CT molecular complexity index is 574. The van der Waals surface area contributed by atoms with Gasteiger partial charge in [0.25, 0.3) is 0 Å². The molecule has 110 valence electrons. The van der Waals surface area contributed by atoms with Gasteiger partial charge in [-0.3, -0.25) is 0 Å². The summed E-state index contributed by atoms with van der Waals surface area (Å²) < 4.78 is 3.31. The summed E-state index contributed by atoms with van der Waals surface area (Å²) in [6, 6.07) is 11.1. The molecular formula is C17H25IN2. The van der Waals surface area contributed by atoms with E-state index in [0.29, 0.717) is 0 Å². The van der Waals surface area contributed by atoms with Crippen molar-refractivity contribution in [3.05, 3.63) is 52.8 Å². The Balaban J connectivity index is 0.00000200. The molecule has 0 fully saturated rings. The fraction of sp³-hybridized carbons (Fsp3) is 0.412. The monoisotopic (exact) mass is 384 g/mol. The molecule has 0 radical (unpaired) electrons. The quantitative estimate of drug-likeness (QED) is 0.540. The van der Waals surface area contributed by atoms with Gasteiger partial charge in [0.15, 0.2) is 0 Å². The van der Waals surface area contributed by atoms with Gasteiger partial charge in [0.2, 0.25) is 0 Å². The Morgan fingerprint density at radius 3 is 2.00 bits per heavy atom. The van der Waals surface area contributed by atoms with Crippen LogP contribution in [0.2, 0.25) is 0 Å². The minimum atomic E-state index is 0. The highest BCUT2D eigenvalue weighted by Gasteiger charge is 2.16. The number of rotatable bonds is 3. The van der Waals surface area contributed by atoms with Gasteiger partial charge >= 0.3 is 0 Å². The predicted octanol–water partition coefficient (Wildman–Crippen LogP) is 0.613. The Labute approximate surface area is 140 Å². The van der Waals surface area contributed by atoms with E-state index in [9.17, 15) is 0 Å². The minimum Gasteiger partial charge on any atom is -1.00 e. The Morgan fingerprint density at radius 1 is 0.950 bits per heavy atom. The summed E-state index contributed by atoms with van der Waals surface area (Å²) in [5.41, 5.74) is 6.66. The van der Waals surface area contributed by atoms with E-state index < -0.39 is 0 Å². The number of benzene rings is 1. The maximum absolute atomic E-state index is 2.35. The van der Waals surface area contributed by atoms with Crippen LogP contribution in [0.4, 0.5) is 0 Å². The summed E-state index contributed by atoms with van der Waals surface area (Å²) >= 11 is 0. The Hall–Kier alpha value is -0.810. The molecule has 2 aromatic rings. The van der Waals surface area contributed by atoms with Gasteiger partial charge in [-0.1, -0.05) is 17.7 Å². The molecule has 1 aromatic heterocycles. The molecule has 0 unspecified atom stereocenters. The smallest absolute Gasteiger partial charge is 0.106 e. The van der Waals surface area contributed by atoms with Crippen LogP contribution in [-0.4, -0.2) is 30.2 Å². The van der Waals surface area contributed by atoms with E-state index in [-0.39, 0.29) is 24.0 Å². The van der Waals surface area contributed by atoms with Crippen LogP contribution in [0.15, 0.2) is 30.3 Å². The van der Waals surface area contributed by atoms with Crippen molar-refractivity contribution in [1.82, 2.24) is 4.57 Å². The molecule has 2 nitrogen and oxygen atoms in total. The number of hydrogen-bond donors (Lipinski definition) is 0. The lowest BCUT2D eigenvalue weighted by Crippen LogP contribution is -3.00. The van der Waals surface area contributed by atoms with Crippen LogP contribution in [0.1, 0.15) is 22.5 Å². The zero-order valence-corrected chi connectivity index (χ0v) is 15.5. The zero-order valence-electron chi connectivity index (χ0n) is 13.4. The van der Waals surface area contributed by atoms with E-state index in [1.165, 1.54) is 28.2 Å². The molecule has 0 spiro atoms. The number of halogens is 1. The molecule has 0 bridgehead atoms. The van der Waals surface area contributed by atoms with E-state index >= 15 is 0 Å². The second-order valence-electron chi connectivity index (χ2n) is 6.52. The van der Waals surface area contributed by atoms with E-state index in [1.54, 1.807) is 0 Å². The van der Waals surface area contributed by atoms with Gasteiger partial charge in [-0.15, -0.1) is 0 Å². The van der Waals surface area contributed by atoms with Crippen molar-refractivity contribution in [3.8, 4) is 5.69 Å². The van der Waals surface area contributed by atoms with E-state index in [0.717, 1.165) is 11.0 Å². The fourth-order valence-corrected chi connectivity index (χ4v) is 2.59. The molecular weight excluding hydrogens is 359 g/mol. The first-order chi connectivity index (χ1) is 8.78. The van der Waals surface area contributed by atoms with Crippen LogP contribution in [0.3, 0.4) is 0 Å². The third kappa shape index (κ3) is 3.85. The highest BCUT2D eigenvalue weighted by Crippen LogP contribution is 2.22. The number of aryl methyl sites for hydroxylation is 2. The Kier molecular flexibility index (Phi) is 5.44. The standard InChI is InChI=1S/C17H25N2.HI/c1-13-7-9-17(10-8-13)18-14(2)11-16(15(18)3)12-19(4,5)6;/h7-11H,12H2,1-6H3;1H/q+1;/p-1. The zero-order chi connectivity index (χ0) is 14.2. The van der Waals surface area contributed by atoms with Crippen LogP contribution in [-0.2, 0) is 6.54 Å². The van der Waals surface area contributed by atoms with Gasteiger partial charge in [0.05, 0.1) is 21.1 Å². The second-order valence-corrected chi connectivity index (χ2v) is 6.52. The predicted molar refractivity (Wildman–Crippen MR) is 81.7 cm³/mol. The van der Waals surface area contributed by atoms with Crippen molar-refractivity contribution in [3.63, 3.8) is 0 Å². The van der Waals surface area contributed by atoms with Gasteiger partial charge in [0, 0.05) is 22.6 Å². The Morgan fingerprint density at radius 2 is 1.50 bits per heavy atom. The van der Waals surface area contributed by atoms with E-state index in [2.05, 4.69) is 76.8 Å². The molecule has 1 heterocycles. The molecule has 20 heavy (non-hydrogen) atoms. The lowest BCUT2D eigenvalue weighted by Gasteiger charge is -2.23. The van der Waals surface area contributed by atoms with Gasteiger partial charge < -0.3 is 33.0 Å². The van der Waals surface area contributed by atoms with Gasteiger partial charge in [-0.05, 0) is 39.0 Å². The topological polar surface area (TPSA) is 4.93 Å². The second kappa shape index (κ2) is 6.31. The molecule has 0 amide bonds. The molecule has 0 aliphatic heterocycles. The maximum atomic E-state index is 2.35. The van der Waals surface area contributed by atoms with Crippen molar-refractivity contribution >= 4 is 0 Å². The van der Waals surface area contributed by atoms with E-state index in [4.69, 9.17) is 0 Å². The van der Waals surface area contributed by atoms with Crippen molar-refractivity contribution in [2.75, 3.05) is 21.1 Å². The van der Waals surface area contributed by atoms with Gasteiger partial charge in [-0.25, -0.2) is 0 Å². The summed E-state index contributed by atoms with van der Waals surface area (Å²) in [6.45, 7) is 7.59. The molecule has 0 N–H and O–H groups in total. The van der Waals surface area contributed by atoms with Crippen molar-refractivity contribution < 1.29 is 28.5 Å². The van der Waals surface area contributed by atoms with Gasteiger partial charge in [-0.2, -0.15) is 0 Å². The molecule has 3 heteroatoms. The highest BCUT2D eigenvalue weighted by atomic mass is 127. The molecule has 1 aromatic carbocycles. The van der Waals surface area contributed by atoms with E-state index in [1.807, 2.05) is 0 Å². The van der Waals surface area contributed by atoms with Crippen LogP contribution in [0.25, 0.3) is 5.69 Å². The number of aromatic nitrogens is 1. The maximum Gasteiger partial charge on any atom is 0.106 e. The average molecular weight is 384 g/mol. The average Bonchev–Trinajstić information content (AvgIpc) is 2.54. The number of nitrogens with zero attached hydrogens (tertiary/aromatic N) is 2. The summed E-state index contributed by atoms with van der Waals surface area (Å²) in [6.07, 6.45) is 0. The molecule has 0 aliphatic rings. The number of hydrogen-bond acceptors (Lipinski definition) is 0. The first-order valence-electron chi connectivity index (χ1n) is 6.83. The molecule has 2 rings (SSSR count). The highest BCUT2D eigenvalue weighted by molar-refractivity contribution is 5.42. The summed E-state index contributed by atoms with van der Waals surface area (Å²) in [5.74, 6) is 0. The largest absolute Gasteiger partial charge is 1.00 e. The van der Waals surface area contributed by atoms with Crippen molar-refractivity contribution in [2.45, 2.75) is 27.3 Å². The summed E-state index contributed by atoms with van der Waals surface area (Å²) in [5, 5.41) is 0. The summed E-state index contributed by atoms with van der Waals surface area (Å²) in [7, 11) is 6.70. The normalized spacial score (nSPS) is 11.3. The summed E-state index contributed by atoms with van der Waals surface area (Å²) in [4.78, 5) is 0. The van der Waals surface area contributed by atoms with Crippen LogP contribution in [0.5, 0.6) is 0 Å². The third-order valence-electron chi connectivity index (χ3n) is 3.47. The van der Waals surface area contributed by atoms with Crippen LogP contribution < -0.4 is 24.0 Å². The molecule has 0 saturated heterocycles. The fourth-order valence-electron chi connectivity index (χ4n) is 2.59. The first-order valence-corrected chi connectivity index (χ1v) is 6.83. The van der Waals surface area contributed by atoms with Gasteiger partial charge in [0.1, 0.15) is 6.54 Å². The first kappa shape index (κ1) is 17.2. The van der Waals surface area contributed by atoms with Crippen LogP contribution >= 0.6 is 0 Å². The lowest BCUT2D eigenvalue weighted by atomic mass is 10.2. The van der Waals surface area contributed by atoms with Crippen molar-refractivity contribution in [2.24, 2.45) is 0 Å². The molecule has 0 atom stereocenters. The lowest BCUT2D eigenvalue weighted by molar-refractivity contribution is -0.884.